The molecule has 2 fully saturated rings. The van der Waals surface area contributed by atoms with E-state index in [1.165, 1.54) is 0 Å². The fourth-order valence-electron chi connectivity index (χ4n) is 2.28. The molecule has 4 nitrogen and oxygen atoms in total. The van der Waals surface area contributed by atoms with E-state index in [4.69, 9.17) is 0 Å². The molecule has 1 aliphatic heterocycles. The molecule has 1 saturated heterocycles. The van der Waals surface area contributed by atoms with Gasteiger partial charge in [-0.05, 0) is 45.6 Å². The Morgan fingerprint density at radius 1 is 1.35 bits per heavy atom. The number of carbonyl (C=O) groups excluding carboxylic acids is 1. The summed E-state index contributed by atoms with van der Waals surface area (Å²) < 4.78 is 0. The Balaban J connectivity index is 0.00000144. The molecule has 0 aromatic rings. The maximum atomic E-state index is 12.1. The molecule has 3 N–H and O–H groups in total. The number of hydrogen-bond acceptors (Lipinski definition) is 3. The topological polar surface area (TPSA) is 61.4 Å². The molecule has 0 aromatic heterocycles. The minimum absolute atomic E-state index is 0. The van der Waals surface area contributed by atoms with E-state index in [0.29, 0.717) is 6.54 Å². The smallest absolute Gasteiger partial charge is 0.240 e. The third-order valence-electron chi connectivity index (χ3n) is 4.04. The summed E-state index contributed by atoms with van der Waals surface area (Å²) in [6.07, 6.45) is 5.25. The number of nitrogens with one attached hydrogen (secondary N) is 2. The quantitative estimate of drug-likeness (QED) is 0.703. The molecule has 0 aromatic carbocycles. The zero-order valence-electron chi connectivity index (χ0n) is 10.4. The number of amides is 1. The van der Waals surface area contributed by atoms with Gasteiger partial charge in [0.25, 0.3) is 0 Å². The van der Waals surface area contributed by atoms with Gasteiger partial charge >= 0.3 is 0 Å². The summed E-state index contributed by atoms with van der Waals surface area (Å²) in [5.74, 6) is 0.0897. The van der Waals surface area contributed by atoms with Crippen LogP contribution in [0.4, 0.5) is 0 Å². The maximum Gasteiger partial charge on any atom is 0.240 e. The molecule has 1 saturated carbocycles. The van der Waals surface area contributed by atoms with Crippen LogP contribution in [0.3, 0.4) is 0 Å². The van der Waals surface area contributed by atoms with Crippen molar-refractivity contribution in [3.05, 3.63) is 0 Å². The predicted octanol–water partition coefficient (Wildman–Crippen LogP) is 0.829. The molecule has 2 aliphatic rings. The van der Waals surface area contributed by atoms with E-state index in [1.54, 1.807) is 0 Å². The lowest BCUT2D eigenvalue weighted by Gasteiger charge is -2.33. The highest BCUT2D eigenvalue weighted by Crippen LogP contribution is 2.44. The summed E-state index contributed by atoms with van der Waals surface area (Å²) in [6, 6.07) is 0. The monoisotopic (exact) mass is 262 g/mol. The van der Waals surface area contributed by atoms with Crippen LogP contribution in [0, 0.1) is 5.41 Å². The Kier molecular flexibility index (Phi) is 4.81. The molecule has 100 valence electrons. The average molecular weight is 263 g/mol. The van der Waals surface area contributed by atoms with Gasteiger partial charge in [0.2, 0.25) is 5.91 Å². The maximum absolute atomic E-state index is 12.1. The van der Waals surface area contributed by atoms with Gasteiger partial charge < -0.3 is 15.7 Å². The number of carbonyl (C=O) groups is 1. The van der Waals surface area contributed by atoms with Gasteiger partial charge in [-0.2, -0.15) is 0 Å². The Labute approximate surface area is 109 Å². The third kappa shape index (κ3) is 3.33. The van der Waals surface area contributed by atoms with Gasteiger partial charge in [0.05, 0.1) is 12.1 Å². The van der Waals surface area contributed by atoms with Crippen molar-refractivity contribution < 1.29 is 9.90 Å². The normalized spacial score (nSPS) is 30.2. The Morgan fingerprint density at radius 3 is 2.53 bits per heavy atom. The van der Waals surface area contributed by atoms with Crippen LogP contribution in [0.5, 0.6) is 0 Å². The van der Waals surface area contributed by atoms with Crippen molar-refractivity contribution in [1.29, 1.82) is 0 Å². The SMILES string of the molecule is CC1(C(=O)NCC2(CO)CC2)CCCCN1.Cl. The summed E-state index contributed by atoms with van der Waals surface area (Å²) in [5.41, 5.74) is -0.398. The van der Waals surface area contributed by atoms with Crippen molar-refractivity contribution in [1.82, 2.24) is 10.6 Å². The van der Waals surface area contributed by atoms with Crippen molar-refractivity contribution in [2.75, 3.05) is 19.7 Å². The first-order valence-electron chi connectivity index (χ1n) is 6.25. The lowest BCUT2D eigenvalue weighted by atomic mass is 9.90. The fourth-order valence-corrected chi connectivity index (χ4v) is 2.28. The van der Waals surface area contributed by atoms with Crippen LogP contribution in [0.2, 0.25) is 0 Å². The highest BCUT2D eigenvalue weighted by Gasteiger charge is 2.43. The molecule has 1 atom stereocenters. The first kappa shape index (κ1) is 14.7. The number of hydrogen-bond donors (Lipinski definition) is 3. The number of aliphatic hydroxyl groups excluding tert-OH is 1. The molecule has 17 heavy (non-hydrogen) atoms. The van der Waals surface area contributed by atoms with E-state index < -0.39 is 5.54 Å². The summed E-state index contributed by atoms with van der Waals surface area (Å²) in [7, 11) is 0. The highest BCUT2D eigenvalue weighted by atomic mass is 35.5. The van der Waals surface area contributed by atoms with E-state index in [-0.39, 0.29) is 30.3 Å². The van der Waals surface area contributed by atoms with Gasteiger partial charge in [-0.25, -0.2) is 0 Å². The summed E-state index contributed by atoms with van der Waals surface area (Å²) in [5, 5.41) is 15.5. The second-order valence-corrected chi connectivity index (χ2v) is 5.56. The van der Waals surface area contributed by atoms with Gasteiger partial charge in [0.15, 0.2) is 0 Å². The van der Waals surface area contributed by atoms with Crippen LogP contribution < -0.4 is 10.6 Å². The fraction of sp³-hybridized carbons (Fsp3) is 0.917. The number of piperidine rings is 1. The van der Waals surface area contributed by atoms with E-state index in [0.717, 1.165) is 38.6 Å². The minimum atomic E-state index is -0.399. The van der Waals surface area contributed by atoms with Crippen molar-refractivity contribution >= 4 is 18.3 Å². The second kappa shape index (κ2) is 5.55. The van der Waals surface area contributed by atoms with Gasteiger partial charge in [0.1, 0.15) is 0 Å². The molecule has 0 bridgehead atoms. The van der Waals surface area contributed by atoms with E-state index in [1.807, 2.05) is 6.92 Å². The van der Waals surface area contributed by atoms with Crippen molar-refractivity contribution in [2.24, 2.45) is 5.41 Å². The minimum Gasteiger partial charge on any atom is -0.396 e. The lowest BCUT2D eigenvalue weighted by molar-refractivity contribution is -0.128. The highest BCUT2D eigenvalue weighted by molar-refractivity contribution is 5.86. The Hall–Kier alpha value is -0.320. The van der Waals surface area contributed by atoms with Crippen LogP contribution in [0.15, 0.2) is 0 Å². The van der Waals surface area contributed by atoms with Crippen molar-refractivity contribution in [3.8, 4) is 0 Å². The van der Waals surface area contributed by atoms with Crippen LogP contribution >= 0.6 is 12.4 Å². The average Bonchev–Trinajstić information content (AvgIpc) is 3.07. The summed E-state index contributed by atoms with van der Waals surface area (Å²) in [6.45, 7) is 3.71. The second-order valence-electron chi connectivity index (χ2n) is 5.56. The van der Waals surface area contributed by atoms with E-state index in [2.05, 4.69) is 10.6 Å². The van der Waals surface area contributed by atoms with Gasteiger partial charge in [-0.1, -0.05) is 0 Å². The number of halogens is 1. The third-order valence-corrected chi connectivity index (χ3v) is 4.04. The molecular weight excluding hydrogens is 240 g/mol. The van der Waals surface area contributed by atoms with Crippen molar-refractivity contribution in [2.45, 2.75) is 44.6 Å². The van der Waals surface area contributed by atoms with Gasteiger partial charge in [-0.15, -0.1) is 12.4 Å². The predicted molar refractivity (Wildman–Crippen MR) is 69.3 cm³/mol. The molecule has 0 radical (unpaired) electrons. The zero-order valence-corrected chi connectivity index (χ0v) is 11.2. The largest absolute Gasteiger partial charge is 0.396 e. The van der Waals surface area contributed by atoms with E-state index >= 15 is 0 Å². The number of aliphatic hydroxyl groups is 1. The van der Waals surface area contributed by atoms with Crippen LogP contribution in [-0.2, 0) is 4.79 Å². The molecular formula is C12H23ClN2O2. The van der Waals surface area contributed by atoms with Crippen LogP contribution in [-0.4, -0.2) is 36.2 Å². The molecule has 1 heterocycles. The van der Waals surface area contributed by atoms with E-state index in [9.17, 15) is 9.90 Å². The molecule has 0 spiro atoms. The van der Waals surface area contributed by atoms with Crippen molar-refractivity contribution in [3.63, 3.8) is 0 Å². The molecule has 1 aliphatic carbocycles. The molecule has 2 rings (SSSR count). The van der Waals surface area contributed by atoms with Crippen LogP contribution in [0.1, 0.15) is 39.0 Å². The molecule has 1 amide bonds. The number of rotatable bonds is 4. The zero-order chi connectivity index (χ0) is 11.6. The summed E-state index contributed by atoms with van der Waals surface area (Å²) >= 11 is 0. The lowest BCUT2D eigenvalue weighted by Crippen LogP contribution is -2.57. The molecule has 1 unspecified atom stereocenters. The van der Waals surface area contributed by atoms with Gasteiger partial charge in [0, 0.05) is 12.0 Å². The molecule has 5 heteroatoms. The van der Waals surface area contributed by atoms with Gasteiger partial charge in [-0.3, -0.25) is 4.79 Å². The Morgan fingerprint density at radius 2 is 2.06 bits per heavy atom. The van der Waals surface area contributed by atoms with Crippen LogP contribution in [0.25, 0.3) is 0 Å². The summed E-state index contributed by atoms with van der Waals surface area (Å²) in [4.78, 5) is 12.1. The Bertz CT molecular complexity index is 274. The first-order chi connectivity index (χ1) is 7.60. The standard InChI is InChI=1S/C12H22N2O2.ClH/c1-11(4-2-3-7-14-11)10(16)13-8-12(9-15)5-6-12;/h14-15H,2-9H2,1H3,(H,13,16);1H. The first-order valence-corrected chi connectivity index (χ1v) is 6.25.